The van der Waals surface area contributed by atoms with Gasteiger partial charge in [-0.25, -0.2) is 9.78 Å². The Morgan fingerprint density at radius 2 is 1.48 bits per heavy atom. The summed E-state index contributed by atoms with van der Waals surface area (Å²) < 4.78 is 84.9. The number of rotatable bonds is 4. The first kappa shape index (κ1) is 22.1. The molecule has 10 heteroatoms. The first-order valence-corrected chi connectivity index (χ1v) is 8.64. The largest absolute Gasteiger partial charge is 0.478 e. The minimum atomic E-state index is -5.04. The molecule has 31 heavy (non-hydrogen) atoms. The zero-order chi connectivity index (χ0) is 23.0. The van der Waals surface area contributed by atoms with E-state index in [0.29, 0.717) is 17.7 Å². The summed E-state index contributed by atoms with van der Waals surface area (Å²) in [5.41, 5.74) is -3.37. The Kier molecular flexibility index (Phi) is 5.66. The van der Waals surface area contributed by atoms with E-state index >= 15 is 0 Å². The van der Waals surface area contributed by atoms with E-state index < -0.39 is 35.0 Å². The molecule has 0 spiro atoms. The van der Waals surface area contributed by atoms with Crippen molar-refractivity contribution in [3.05, 3.63) is 71.1 Å². The van der Waals surface area contributed by atoms with Gasteiger partial charge in [0.2, 0.25) is 5.89 Å². The molecule has 0 saturated heterocycles. The summed E-state index contributed by atoms with van der Waals surface area (Å²) in [5, 5.41) is 9.02. The van der Waals surface area contributed by atoms with Crippen LogP contribution in [0.5, 0.6) is 0 Å². The Morgan fingerprint density at radius 1 is 0.935 bits per heavy atom. The van der Waals surface area contributed by atoms with E-state index in [1.54, 1.807) is 18.2 Å². The van der Waals surface area contributed by atoms with Gasteiger partial charge in [-0.2, -0.15) is 26.3 Å². The van der Waals surface area contributed by atoms with Crippen molar-refractivity contribution in [1.29, 1.82) is 0 Å². The molecule has 0 fully saturated rings. The van der Waals surface area contributed by atoms with Crippen LogP contribution in [0.15, 0.2) is 58.5 Å². The van der Waals surface area contributed by atoms with E-state index in [0.717, 1.165) is 6.08 Å². The molecule has 0 atom stereocenters. The van der Waals surface area contributed by atoms with Gasteiger partial charge in [-0.05, 0) is 25.1 Å². The maximum Gasteiger partial charge on any atom is 0.416 e. The molecule has 1 heterocycles. The fourth-order valence-corrected chi connectivity index (χ4v) is 2.72. The molecule has 0 aliphatic carbocycles. The van der Waals surface area contributed by atoms with Crippen LogP contribution in [0.1, 0.15) is 23.9 Å². The summed E-state index contributed by atoms with van der Waals surface area (Å²) in [6.45, 7) is 1.24. The molecule has 4 nitrogen and oxygen atoms in total. The molecular weight excluding hydrogens is 428 g/mol. The SMILES string of the molecule is C/C(=C\c1nc(-c2ccccc2)c(-c2cc(C(F)(F)F)cc(C(F)(F)F)c2)o1)C(=O)O. The van der Waals surface area contributed by atoms with Crippen molar-refractivity contribution in [3.8, 4) is 22.6 Å². The zero-order valence-corrected chi connectivity index (χ0v) is 15.7. The van der Waals surface area contributed by atoms with E-state index in [2.05, 4.69) is 4.98 Å². The lowest BCUT2D eigenvalue weighted by molar-refractivity contribution is -0.143. The van der Waals surface area contributed by atoms with Crippen LogP contribution in [0.4, 0.5) is 26.3 Å². The lowest BCUT2D eigenvalue weighted by Crippen LogP contribution is -2.11. The Balaban J connectivity index is 2.29. The molecule has 0 radical (unpaired) electrons. The number of aromatic nitrogens is 1. The molecule has 1 N–H and O–H groups in total. The zero-order valence-electron chi connectivity index (χ0n) is 15.7. The van der Waals surface area contributed by atoms with Crippen LogP contribution in [0.3, 0.4) is 0 Å². The molecule has 0 unspecified atom stereocenters. The van der Waals surface area contributed by atoms with Crippen molar-refractivity contribution in [1.82, 2.24) is 4.98 Å². The number of halogens is 6. The number of hydrogen-bond acceptors (Lipinski definition) is 3. The van der Waals surface area contributed by atoms with Crippen LogP contribution in [-0.4, -0.2) is 16.1 Å². The topological polar surface area (TPSA) is 63.3 Å². The lowest BCUT2D eigenvalue weighted by Gasteiger charge is -2.13. The Morgan fingerprint density at radius 3 is 1.97 bits per heavy atom. The van der Waals surface area contributed by atoms with Crippen LogP contribution in [0, 0.1) is 0 Å². The highest BCUT2D eigenvalue weighted by atomic mass is 19.4. The van der Waals surface area contributed by atoms with Crippen molar-refractivity contribution in [2.24, 2.45) is 0 Å². The quantitative estimate of drug-likeness (QED) is 0.369. The molecule has 0 amide bonds. The van der Waals surface area contributed by atoms with Gasteiger partial charge >= 0.3 is 18.3 Å². The van der Waals surface area contributed by atoms with E-state index in [9.17, 15) is 31.1 Å². The van der Waals surface area contributed by atoms with E-state index in [4.69, 9.17) is 9.52 Å². The third-order valence-electron chi connectivity index (χ3n) is 4.22. The van der Waals surface area contributed by atoms with E-state index in [1.165, 1.54) is 19.1 Å². The maximum atomic E-state index is 13.3. The molecule has 0 aliphatic heterocycles. The lowest BCUT2D eigenvalue weighted by atomic mass is 10.0. The Bertz CT molecular complexity index is 1110. The van der Waals surface area contributed by atoms with Crippen LogP contribution in [0.25, 0.3) is 28.7 Å². The minimum Gasteiger partial charge on any atom is -0.478 e. The summed E-state index contributed by atoms with van der Waals surface area (Å²) in [4.78, 5) is 15.2. The van der Waals surface area contributed by atoms with E-state index in [-0.39, 0.29) is 29.0 Å². The number of oxazole rings is 1. The molecule has 3 aromatic rings. The molecule has 2 aromatic carbocycles. The van der Waals surface area contributed by atoms with Gasteiger partial charge in [0.15, 0.2) is 5.76 Å². The highest BCUT2D eigenvalue weighted by Gasteiger charge is 2.37. The molecule has 162 valence electrons. The number of alkyl halides is 6. The van der Waals surface area contributed by atoms with E-state index in [1.807, 2.05) is 0 Å². The second-order valence-electron chi connectivity index (χ2n) is 6.52. The Hall–Kier alpha value is -3.56. The van der Waals surface area contributed by atoms with Gasteiger partial charge in [0.1, 0.15) is 5.69 Å². The fourth-order valence-electron chi connectivity index (χ4n) is 2.72. The number of carboxylic acids is 1. The van der Waals surface area contributed by atoms with Gasteiger partial charge in [-0.1, -0.05) is 30.3 Å². The normalized spacial score (nSPS) is 12.8. The standard InChI is InChI=1S/C21H13F6NO3/c1-11(19(29)30)7-16-28-17(12-5-3-2-4-6-12)18(31-16)13-8-14(20(22,23)24)10-15(9-13)21(25,26)27/h2-10H,1H3,(H,29,30)/b11-7+. The van der Waals surface area contributed by atoms with Gasteiger partial charge < -0.3 is 9.52 Å². The smallest absolute Gasteiger partial charge is 0.416 e. The van der Waals surface area contributed by atoms with Crippen molar-refractivity contribution in [3.63, 3.8) is 0 Å². The highest BCUT2D eigenvalue weighted by Crippen LogP contribution is 2.41. The molecule has 3 rings (SSSR count). The van der Waals surface area contributed by atoms with Crippen LogP contribution < -0.4 is 0 Å². The van der Waals surface area contributed by atoms with Gasteiger partial charge in [0.05, 0.1) is 11.1 Å². The highest BCUT2D eigenvalue weighted by molar-refractivity contribution is 5.91. The van der Waals surface area contributed by atoms with Crippen molar-refractivity contribution < 1.29 is 40.7 Å². The summed E-state index contributed by atoms with van der Waals surface area (Å²) in [7, 11) is 0. The summed E-state index contributed by atoms with van der Waals surface area (Å²) in [5.74, 6) is -1.92. The Labute approximate surface area is 171 Å². The number of carbonyl (C=O) groups is 1. The average Bonchev–Trinajstić information content (AvgIpc) is 3.10. The molecular formula is C21H13F6NO3. The predicted octanol–water partition coefficient (Wildman–Crippen LogP) is 6.53. The number of benzene rings is 2. The molecule has 0 saturated carbocycles. The minimum absolute atomic E-state index is 0.0114. The number of carboxylic acid groups (broad SMARTS) is 1. The number of hydrogen-bond donors (Lipinski definition) is 1. The van der Waals surface area contributed by atoms with Gasteiger partial charge in [0, 0.05) is 22.8 Å². The maximum absolute atomic E-state index is 13.3. The van der Waals surface area contributed by atoms with Crippen LogP contribution in [-0.2, 0) is 17.1 Å². The van der Waals surface area contributed by atoms with Crippen LogP contribution >= 0.6 is 0 Å². The van der Waals surface area contributed by atoms with Crippen molar-refractivity contribution in [2.45, 2.75) is 19.3 Å². The van der Waals surface area contributed by atoms with Crippen molar-refractivity contribution in [2.75, 3.05) is 0 Å². The summed E-state index contributed by atoms with van der Waals surface area (Å²) in [6.07, 6.45) is -9.05. The number of aliphatic carboxylic acids is 1. The summed E-state index contributed by atoms with van der Waals surface area (Å²) >= 11 is 0. The average molecular weight is 441 g/mol. The first-order valence-electron chi connectivity index (χ1n) is 8.64. The predicted molar refractivity (Wildman–Crippen MR) is 98.7 cm³/mol. The third kappa shape index (κ3) is 4.96. The second-order valence-corrected chi connectivity index (χ2v) is 6.52. The second kappa shape index (κ2) is 7.93. The van der Waals surface area contributed by atoms with Gasteiger partial charge in [-0.3, -0.25) is 0 Å². The van der Waals surface area contributed by atoms with Gasteiger partial charge in [0.25, 0.3) is 0 Å². The van der Waals surface area contributed by atoms with Crippen LogP contribution in [0.2, 0.25) is 0 Å². The molecule has 0 aliphatic rings. The fraction of sp³-hybridized carbons (Fsp3) is 0.143. The molecule has 1 aromatic heterocycles. The first-order chi connectivity index (χ1) is 14.4. The number of nitrogens with zero attached hydrogens (tertiary/aromatic N) is 1. The monoisotopic (exact) mass is 441 g/mol. The summed E-state index contributed by atoms with van der Waals surface area (Å²) in [6, 6.07) is 8.99. The third-order valence-corrected chi connectivity index (χ3v) is 4.22. The molecule has 0 bridgehead atoms. The van der Waals surface area contributed by atoms with Crippen molar-refractivity contribution >= 4 is 12.0 Å². The van der Waals surface area contributed by atoms with Gasteiger partial charge in [-0.15, -0.1) is 0 Å².